The van der Waals surface area contributed by atoms with Crippen LogP contribution < -0.4 is 10.6 Å². The topological polar surface area (TPSA) is 44.4 Å². The van der Waals surface area contributed by atoms with Crippen molar-refractivity contribution < 1.29 is 4.79 Å². The first-order valence-corrected chi connectivity index (χ1v) is 8.82. The van der Waals surface area contributed by atoms with Gasteiger partial charge < -0.3 is 10.6 Å². The highest BCUT2D eigenvalue weighted by molar-refractivity contribution is 6.31. The van der Waals surface area contributed by atoms with Crippen molar-refractivity contribution in [1.82, 2.24) is 10.2 Å². The minimum Gasteiger partial charge on any atom is -0.324 e. The zero-order chi connectivity index (χ0) is 17.0. The number of hydrogen-bond donors (Lipinski definition) is 2. The summed E-state index contributed by atoms with van der Waals surface area (Å²) >= 11 is 6.11. The van der Waals surface area contributed by atoms with Gasteiger partial charge in [0, 0.05) is 35.9 Å². The van der Waals surface area contributed by atoms with Gasteiger partial charge in [-0.05, 0) is 44.4 Å². The van der Waals surface area contributed by atoms with Gasteiger partial charge in [0.1, 0.15) is 0 Å². The van der Waals surface area contributed by atoms with Crippen molar-refractivity contribution >= 4 is 23.2 Å². The summed E-state index contributed by atoms with van der Waals surface area (Å²) in [7, 11) is 0. The largest absolute Gasteiger partial charge is 0.324 e. The molecule has 0 aliphatic carbocycles. The monoisotopic (exact) mass is 337 g/mol. The third-order valence-electron chi connectivity index (χ3n) is 4.55. The van der Waals surface area contributed by atoms with Crippen LogP contribution in [0.5, 0.6) is 0 Å². The van der Waals surface area contributed by atoms with E-state index < -0.39 is 0 Å². The number of likely N-dealkylation sites (tertiary alicyclic amines) is 1. The number of benzene rings is 1. The fourth-order valence-electron chi connectivity index (χ4n) is 3.07. The fraction of sp³-hybridized carbons (Fsp3) is 0.611. The second-order valence-corrected chi connectivity index (χ2v) is 7.12. The van der Waals surface area contributed by atoms with Gasteiger partial charge in [-0.3, -0.25) is 9.69 Å². The van der Waals surface area contributed by atoms with Gasteiger partial charge in [0.2, 0.25) is 5.91 Å². The van der Waals surface area contributed by atoms with E-state index in [0.717, 1.165) is 37.2 Å². The third-order valence-corrected chi connectivity index (χ3v) is 4.96. The van der Waals surface area contributed by atoms with E-state index in [4.69, 9.17) is 11.6 Å². The molecule has 23 heavy (non-hydrogen) atoms. The lowest BCUT2D eigenvalue weighted by Gasteiger charge is -2.36. The van der Waals surface area contributed by atoms with E-state index in [9.17, 15) is 4.79 Å². The van der Waals surface area contributed by atoms with Gasteiger partial charge in [0.25, 0.3) is 0 Å². The molecule has 0 bridgehead atoms. The fourth-order valence-corrected chi connectivity index (χ4v) is 3.25. The van der Waals surface area contributed by atoms with Crippen LogP contribution in [0.4, 0.5) is 5.69 Å². The van der Waals surface area contributed by atoms with Crippen LogP contribution >= 0.6 is 11.6 Å². The molecule has 0 saturated carbocycles. The number of anilines is 1. The Balaban J connectivity index is 1.89. The van der Waals surface area contributed by atoms with Crippen molar-refractivity contribution in [2.75, 3.05) is 18.4 Å². The second kappa shape index (κ2) is 8.13. The normalized spacial score (nSPS) is 18.2. The number of rotatable bonds is 5. The number of hydrogen-bond acceptors (Lipinski definition) is 3. The predicted molar refractivity (Wildman–Crippen MR) is 97.1 cm³/mol. The minimum atomic E-state index is -0.131. The summed E-state index contributed by atoms with van der Waals surface area (Å²) in [4.78, 5) is 14.8. The molecule has 128 valence electrons. The lowest BCUT2D eigenvalue weighted by Crippen LogP contribution is -2.50. The summed E-state index contributed by atoms with van der Waals surface area (Å²) < 4.78 is 0. The maximum atomic E-state index is 12.5. The maximum absolute atomic E-state index is 12.5. The summed E-state index contributed by atoms with van der Waals surface area (Å²) in [5.74, 6) is 0.0330. The van der Waals surface area contributed by atoms with Gasteiger partial charge in [-0.25, -0.2) is 0 Å². The zero-order valence-corrected chi connectivity index (χ0v) is 15.3. The first-order valence-electron chi connectivity index (χ1n) is 8.44. The van der Waals surface area contributed by atoms with Crippen molar-refractivity contribution in [3.05, 3.63) is 28.8 Å². The van der Waals surface area contributed by atoms with Gasteiger partial charge in [-0.15, -0.1) is 0 Å². The molecule has 1 aliphatic rings. The zero-order valence-electron chi connectivity index (χ0n) is 14.5. The molecule has 1 heterocycles. The number of halogens is 1. The number of nitrogens with zero attached hydrogens (tertiary/aromatic N) is 1. The number of carbonyl (C=O) groups excluding carboxylic acids is 1. The Morgan fingerprint density at radius 2 is 1.91 bits per heavy atom. The smallest absolute Gasteiger partial charge is 0.241 e. The van der Waals surface area contributed by atoms with Crippen LogP contribution in [0, 0.1) is 6.92 Å². The highest BCUT2D eigenvalue weighted by atomic mass is 35.5. The lowest BCUT2D eigenvalue weighted by molar-refractivity contribution is -0.121. The van der Waals surface area contributed by atoms with Gasteiger partial charge in [0.05, 0.1) is 6.04 Å². The van der Waals surface area contributed by atoms with Crippen molar-refractivity contribution in [2.24, 2.45) is 0 Å². The van der Waals surface area contributed by atoms with E-state index in [1.54, 1.807) is 0 Å². The molecular formula is C18H28ClN3O. The Labute approximate surface area is 144 Å². The minimum absolute atomic E-state index is 0.0330. The quantitative estimate of drug-likeness (QED) is 0.865. The lowest BCUT2D eigenvalue weighted by atomic mass is 10.0. The first-order chi connectivity index (χ1) is 10.9. The molecule has 1 amide bonds. The second-order valence-electron chi connectivity index (χ2n) is 6.71. The van der Waals surface area contributed by atoms with E-state index in [1.165, 1.54) is 0 Å². The van der Waals surface area contributed by atoms with E-state index >= 15 is 0 Å². The molecule has 4 nitrogen and oxygen atoms in total. The summed E-state index contributed by atoms with van der Waals surface area (Å²) in [6.07, 6.45) is 2.18. The summed E-state index contributed by atoms with van der Waals surface area (Å²) in [6, 6.07) is 6.54. The van der Waals surface area contributed by atoms with Crippen molar-refractivity contribution in [1.29, 1.82) is 0 Å². The standard InChI is InChI=1S/C18H28ClN3O/c1-12(2)20-15-8-10-22(11-9-15)14(4)18(23)21-17-7-5-6-16(19)13(17)3/h5-7,12,14-15,20H,8-11H2,1-4H3,(H,21,23)/t14-/m0/s1. The number of amides is 1. The first kappa shape index (κ1) is 18.2. The number of piperidine rings is 1. The molecule has 0 aromatic heterocycles. The average molecular weight is 338 g/mol. The molecule has 0 unspecified atom stereocenters. The van der Waals surface area contributed by atoms with E-state index in [-0.39, 0.29) is 11.9 Å². The Kier molecular flexibility index (Phi) is 6.45. The maximum Gasteiger partial charge on any atom is 0.241 e. The molecule has 1 fully saturated rings. The molecule has 1 saturated heterocycles. The van der Waals surface area contributed by atoms with Crippen molar-refractivity contribution in [3.63, 3.8) is 0 Å². The third kappa shape index (κ3) is 4.93. The van der Waals surface area contributed by atoms with Crippen LogP contribution in [0.1, 0.15) is 39.2 Å². The Morgan fingerprint density at radius 1 is 1.26 bits per heavy atom. The van der Waals surface area contributed by atoms with Crippen molar-refractivity contribution in [3.8, 4) is 0 Å². The molecule has 1 atom stereocenters. The van der Waals surface area contributed by atoms with Crippen molar-refractivity contribution in [2.45, 2.75) is 58.7 Å². The molecule has 2 rings (SSSR count). The molecular weight excluding hydrogens is 310 g/mol. The Morgan fingerprint density at radius 3 is 2.52 bits per heavy atom. The summed E-state index contributed by atoms with van der Waals surface area (Å²) in [5, 5.41) is 7.27. The summed E-state index contributed by atoms with van der Waals surface area (Å²) in [6.45, 7) is 10.2. The average Bonchev–Trinajstić information content (AvgIpc) is 2.51. The van der Waals surface area contributed by atoms with Crippen LogP contribution in [0.2, 0.25) is 5.02 Å². The molecule has 5 heteroatoms. The highest BCUT2D eigenvalue weighted by Gasteiger charge is 2.27. The number of carbonyl (C=O) groups is 1. The van der Waals surface area contributed by atoms with E-state index in [2.05, 4.69) is 29.4 Å². The van der Waals surface area contributed by atoms with Gasteiger partial charge in [0.15, 0.2) is 0 Å². The van der Waals surface area contributed by atoms with Gasteiger partial charge >= 0.3 is 0 Å². The highest BCUT2D eigenvalue weighted by Crippen LogP contribution is 2.23. The van der Waals surface area contributed by atoms with Crippen LogP contribution in [0.15, 0.2) is 18.2 Å². The molecule has 0 radical (unpaired) electrons. The predicted octanol–water partition coefficient (Wildman–Crippen LogP) is 3.44. The van der Waals surface area contributed by atoms with Crippen LogP contribution in [0.3, 0.4) is 0 Å². The Bertz CT molecular complexity index is 539. The van der Waals surface area contributed by atoms with E-state index in [0.29, 0.717) is 17.1 Å². The van der Waals surface area contributed by atoms with E-state index in [1.807, 2.05) is 32.0 Å². The molecule has 1 aliphatic heterocycles. The molecule has 0 spiro atoms. The molecule has 1 aromatic carbocycles. The van der Waals surface area contributed by atoms with Crippen LogP contribution in [-0.2, 0) is 4.79 Å². The van der Waals surface area contributed by atoms with Crippen LogP contribution in [-0.4, -0.2) is 42.0 Å². The molecule has 1 aromatic rings. The van der Waals surface area contributed by atoms with Gasteiger partial charge in [-0.2, -0.15) is 0 Å². The SMILES string of the molecule is Cc1c(Cl)cccc1NC(=O)[C@H](C)N1CCC(NC(C)C)CC1. The molecule has 2 N–H and O–H groups in total. The van der Waals surface area contributed by atoms with Crippen LogP contribution in [0.25, 0.3) is 0 Å². The van der Waals surface area contributed by atoms with Gasteiger partial charge in [-0.1, -0.05) is 31.5 Å². The Hall–Kier alpha value is -1.10. The number of nitrogens with one attached hydrogen (secondary N) is 2. The summed E-state index contributed by atoms with van der Waals surface area (Å²) in [5.41, 5.74) is 1.71.